The Balaban J connectivity index is 2.96. The van der Waals surface area contributed by atoms with Crippen LogP contribution >= 0.6 is 31.9 Å². The maximum Gasteiger partial charge on any atom is 0.0724 e. The van der Waals surface area contributed by atoms with Crippen LogP contribution in [0.4, 0.5) is 0 Å². The summed E-state index contributed by atoms with van der Waals surface area (Å²) in [6, 6.07) is 3.54. The van der Waals surface area contributed by atoms with Crippen molar-refractivity contribution in [1.82, 2.24) is 4.98 Å². The molecule has 0 fully saturated rings. The molecule has 2 N–H and O–H groups in total. The molecule has 0 amide bonds. The summed E-state index contributed by atoms with van der Waals surface area (Å²) in [6.45, 7) is 0. The Bertz CT molecular complexity index is 346. The van der Waals surface area contributed by atoms with Gasteiger partial charge in [-0.05, 0) is 37.9 Å². The number of rotatable bonds is 2. The minimum atomic E-state index is -0.326. The van der Waals surface area contributed by atoms with Crippen LogP contribution in [0, 0.1) is 11.3 Å². The highest BCUT2D eigenvalue weighted by molar-refractivity contribution is 9.11. The average molecular weight is 305 g/mol. The van der Waals surface area contributed by atoms with Crippen molar-refractivity contribution in [2.45, 2.75) is 12.5 Å². The highest BCUT2D eigenvalue weighted by atomic mass is 79.9. The van der Waals surface area contributed by atoms with Crippen molar-refractivity contribution >= 4 is 31.9 Å². The average Bonchev–Trinajstić information content (AvgIpc) is 2.04. The summed E-state index contributed by atoms with van der Waals surface area (Å²) < 4.78 is 1.71. The van der Waals surface area contributed by atoms with E-state index in [0.29, 0.717) is 5.69 Å². The number of nitrogens with zero attached hydrogens (tertiary/aromatic N) is 2. The Morgan fingerprint density at radius 3 is 2.85 bits per heavy atom. The first-order valence-electron chi connectivity index (χ1n) is 3.58. The quantitative estimate of drug-likeness (QED) is 0.913. The fourth-order valence-corrected chi connectivity index (χ4v) is 2.17. The number of nitriles is 1. The molecule has 1 aromatic rings. The Morgan fingerprint density at radius 2 is 2.31 bits per heavy atom. The van der Waals surface area contributed by atoms with Crippen LogP contribution in [-0.4, -0.2) is 4.98 Å². The van der Waals surface area contributed by atoms with Gasteiger partial charge in [-0.3, -0.25) is 4.98 Å². The molecule has 1 atom stereocenters. The third kappa shape index (κ3) is 2.76. The molecule has 5 heteroatoms. The van der Waals surface area contributed by atoms with Crippen LogP contribution in [-0.2, 0) is 0 Å². The number of halogens is 2. The van der Waals surface area contributed by atoms with E-state index in [-0.39, 0.29) is 12.5 Å². The molecule has 0 saturated heterocycles. The maximum absolute atomic E-state index is 8.46. The number of pyridine rings is 1. The summed E-state index contributed by atoms with van der Waals surface area (Å²) in [4.78, 5) is 4.13. The van der Waals surface area contributed by atoms with Crippen LogP contribution in [0.15, 0.2) is 21.2 Å². The Morgan fingerprint density at radius 1 is 1.62 bits per heavy atom. The van der Waals surface area contributed by atoms with E-state index in [4.69, 9.17) is 11.0 Å². The highest BCUT2D eigenvalue weighted by Gasteiger charge is 2.10. The van der Waals surface area contributed by atoms with Gasteiger partial charge in [0.15, 0.2) is 0 Å². The second-order valence-electron chi connectivity index (χ2n) is 2.49. The smallest absolute Gasteiger partial charge is 0.0724 e. The molecule has 0 aromatic carbocycles. The molecule has 0 radical (unpaired) electrons. The molecule has 1 rings (SSSR count). The van der Waals surface area contributed by atoms with E-state index in [0.717, 1.165) is 8.95 Å². The summed E-state index contributed by atoms with van der Waals surface area (Å²) in [5.74, 6) is 0. The first kappa shape index (κ1) is 10.6. The van der Waals surface area contributed by atoms with Crippen molar-refractivity contribution in [2.75, 3.05) is 0 Å². The molecule has 0 aliphatic heterocycles. The normalized spacial score (nSPS) is 12.2. The molecule has 0 saturated carbocycles. The molecular weight excluding hydrogens is 298 g/mol. The molecule has 3 nitrogen and oxygen atoms in total. The van der Waals surface area contributed by atoms with Crippen LogP contribution in [0.2, 0.25) is 0 Å². The summed E-state index contributed by atoms with van der Waals surface area (Å²) in [5, 5.41) is 8.46. The maximum atomic E-state index is 8.46. The molecule has 68 valence electrons. The Labute approximate surface area is 93.2 Å². The summed E-state index contributed by atoms with van der Waals surface area (Å²) in [5.41, 5.74) is 6.44. The van der Waals surface area contributed by atoms with E-state index in [2.05, 4.69) is 36.8 Å². The van der Waals surface area contributed by atoms with E-state index in [9.17, 15) is 0 Å². The monoisotopic (exact) mass is 303 g/mol. The molecule has 0 aliphatic carbocycles. The van der Waals surface area contributed by atoms with E-state index in [1.807, 2.05) is 12.1 Å². The molecule has 0 bridgehead atoms. The molecule has 0 aliphatic rings. The first-order valence-corrected chi connectivity index (χ1v) is 5.17. The second kappa shape index (κ2) is 4.70. The van der Waals surface area contributed by atoms with E-state index >= 15 is 0 Å². The fourth-order valence-electron chi connectivity index (χ4n) is 0.893. The SMILES string of the molecule is N#CC[C@@H](N)c1ncc(Br)cc1Br. The van der Waals surface area contributed by atoms with Gasteiger partial charge >= 0.3 is 0 Å². The first-order chi connectivity index (χ1) is 6.15. The van der Waals surface area contributed by atoms with Gasteiger partial charge in [-0.1, -0.05) is 0 Å². The second-order valence-corrected chi connectivity index (χ2v) is 4.26. The van der Waals surface area contributed by atoms with E-state index < -0.39 is 0 Å². The number of hydrogen-bond acceptors (Lipinski definition) is 3. The van der Waals surface area contributed by atoms with Crippen LogP contribution in [0.1, 0.15) is 18.2 Å². The lowest BCUT2D eigenvalue weighted by Crippen LogP contribution is -2.11. The molecule has 1 heterocycles. The van der Waals surface area contributed by atoms with Crippen molar-refractivity contribution in [2.24, 2.45) is 5.73 Å². The Kier molecular flexibility index (Phi) is 3.85. The van der Waals surface area contributed by atoms with E-state index in [1.165, 1.54) is 0 Å². The van der Waals surface area contributed by atoms with Crippen LogP contribution in [0.5, 0.6) is 0 Å². The highest BCUT2D eigenvalue weighted by Crippen LogP contribution is 2.24. The van der Waals surface area contributed by atoms with Crippen LogP contribution in [0.3, 0.4) is 0 Å². The zero-order valence-electron chi connectivity index (χ0n) is 6.67. The minimum absolute atomic E-state index is 0.271. The fraction of sp³-hybridized carbons (Fsp3) is 0.250. The van der Waals surface area contributed by atoms with Gasteiger partial charge in [-0.25, -0.2) is 0 Å². The topological polar surface area (TPSA) is 62.7 Å². The zero-order chi connectivity index (χ0) is 9.84. The van der Waals surface area contributed by atoms with Crippen molar-refractivity contribution in [3.8, 4) is 6.07 Å². The lowest BCUT2D eigenvalue weighted by Gasteiger charge is -2.08. The Hall–Kier alpha value is -0.440. The van der Waals surface area contributed by atoms with Gasteiger partial charge < -0.3 is 5.73 Å². The predicted octanol–water partition coefficient (Wildman–Crippen LogP) is 2.52. The van der Waals surface area contributed by atoms with Crippen molar-refractivity contribution in [3.63, 3.8) is 0 Å². The predicted molar refractivity (Wildman–Crippen MR) is 56.8 cm³/mol. The van der Waals surface area contributed by atoms with Gasteiger partial charge in [0.1, 0.15) is 0 Å². The zero-order valence-corrected chi connectivity index (χ0v) is 9.84. The van der Waals surface area contributed by atoms with Gasteiger partial charge in [-0.2, -0.15) is 5.26 Å². The molecule has 0 unspecified atom stereocenters. The van der Waals surface area contributed by atoms with Crippen LogP contribution in [0.25, 0.3) is 0 Å². The van der Waals surface area contributed by atoms with Crippen molar-refractivity contribution < 1.29 is 0 Å². The third-order valence-electron chi connectivity index (χ3n) is 1.50. The van der Waals surface area contributed by atoms with Gasteiger partial charge in [0.05, 0.1) is 24.2 Å². The summed E-state index contributed by atoms with van der Waals surface area (Å²) in [7, 11) is 0. The lowest BCUT2D eigenvalue weighted by molar-refractivity contribution is 0.715. The summed E-state index contributed by atoms with van der Waals surface area (Å²) in [6.07, 6.45) is 1.94. The molecule has 1 aromatic heterocycles. The standard InChI is InChI=1S/C8H7Br2N3/c9-5-3-6(10)8(13-4-5)7(12)1-2-11/h3-4,7H,1,12H2/t7-/m1/s1. The van der Waals surface area contributed by atoms with Crippen LogP contribution < -0.4 is 5.73 Å². The molecule has 0 spiro atoms. The van der Waals surface area contributed by atoms with Crippen molar-refractivity contribution in [3.05, 3.63) is 26.9 Å². The van der Waals surface area contributed by atoms with Gasteiger partial charge in [-0.15, -0.1) is 0 Å². The molecular formula is C8H7Br2N3. The van der Waals surface area contributed by atoms with Crippen molar-refractivity contribution in [1.29, 1.82) is 5.26 Å². The number of aromatic nitrogens is 1. The number of nitrogens with two attached hydrogens (primary N) is 1. The lowest BCUT2D eigenvalue weighted by atomic mass is 10.1. The largest absolute Gasteiger partial charge is 0.322 e. The molecule has 13 heavy (non-hydrogen) atoms. The minimum Gasteiger partial charge on any atom is -0.322 e. The third-order valence-corrected chi connectivity index (χ3v) is 2.57. The van der Waals surface area contributed by atoms with Gasteiger partial charge in [0, 0.05) is 15.1 Å². The number of hydrogen-bond donors (Lipinski definition) is 1. The van der Waals surface area contributed by atoms with Gasteiger partial charge in [0.2, 0.25) is 0 Å². The van der Waals surface area contributed by atoms with Gasteiger partial charge in [0.25, 0.3) is 0 Å². The summed E-state index contributed by atoms with van der Waals surface area (Å²) >= 11 is 6.62. The van der Waals surface area contributed by atoms with E-state index in [1.54, 1.807) is 6.20 Å².